The number of carbonyl (C=O) groups excluding carboxylic acids is 2. The van der Waals surface area contributed by atoms with Crippen LogP contribution in [0.2, 0.25) is 0 Å². The number of anilines is 1. The average Bonchev–Trinajstić information content (AvgIpc) is 3.12. The first-order valence-corrected chi connectivity index (χ1v) is 7.63. The average molecular weight is 334 g/mol. The minimum atomic E-state index is -0.685. The summed E-state index contributed by atoms with van der Waals surface area (Å²) in [5.41, 5.74) is -0.172. The predicted octanol–water partition coefficient (Wildman–Crippen LogP) is 3.05. The van der Waals surface area contributed by atoms with Gasteiger partial charge in [-0.3, -0.25) is 9.59 Å². The van der Waals surface area contributed by atoms with Crippen molar-refractivity contribution in [2.24, 2.45) is 5.92 Å². The minimum Gasteiger partial charge on any atom is -0.459 e. The van der Waals surface area contributed by atoms with Crippen LogP contribution in [0.5, 0.6) is 0 Å². The molecule has 3 rings (SSSR count). The number of hydrogen-bond acceptors (Lipinski definition) is 3. The van der Waals surface area contributed by atoms with Crippen LogP contribution < -0.4 is 5.32 Å². The Kier molecular flexibility index (Phi) is 4.59. The van der Waals surface area contributed by atoms with Crippen LogP contribution in [0.4, 0.5) is 14.5 Å². The molecule has 0 spiro atoms. The second-order valence-electron chi connectivity index (χ2n) is 5.66. The van der Waals surface area contributed by atoms with Crippen molar-refractivity contribution in [1.29, 1.82) is 0 Å². The summed E-state index contributed by atoms with van der Waals surface area (Å²) in [6.07, 6.45) is 2.34. The van der Waals surface area contributed by atoms with E-state index < -0.39 is 11.6 Å². The van der Waals surface area contributed by atoms with Crippen molar-refractivity contribution < 1.29 is 22.8 Å². The molecule has 2 heterocycles. The van der Waals surface area contributed by atoms with Crippen molar-refractivity contribution in [1.82, 2.24) is 4.90 Å². The second kappa shape index (κ2) is 6.82. The molecule has 1 aliphatic rings. The Morgan fingerprint density at radius 3 is 2.58 bits per heavy atom. The van der Waals surface area contributed by atoms with Crippen molar-refractivity contribution in [2.75, 3.05) is 18.4 Å². The van der Waals surface area contributed by atoms with Crippen molar-refractivity contribution in [3.8, 4) is 0 Å². The van der Waals surface area contributed by atoms with Gasteiger partial charge < -0.3 is 14.6 Å². The zero-order valence-corrected chi connectivity index (χ0v) is 12.8. The summed E-state index contributed by atoms with van der Waals surface area (Å²) in [6.45, 7) is 0.812. The zero-order chi connectivity index (χ0) is 17.1. The Bertz CT molecular complexity index is 738. The highest BCUT2D eigenvalue weighted by atomic mass is 19.1. The van der Waals surface area contributed by atoms with E-state index in [0.717, 1.165) is 18.2 Å². The van der Waals surface area contributed by atoms with Gasteiger partial charge in [-0.15, -0.1) is 0 Å². The maximum atomic E-state index is 13.6. The largest absolute Gasteiger partial charge is 0.459 e. The van der Waals surface area contributed by atoms with Gasteiger partial charge in [0.25, 0.3) is 5.91 Å². The van der Waals surface area contributed by atoms with Crippen LogP contribution in [0.25, 0.3) is 0 Å². The number of nitrogens with zero attached hydrogens (tertiary/aromatic N) is 1. The van der Waals surface area contributed by atoms with Gasteiger partial charge in [0.05, 0.1) is 12.0 Å². The van der Waals surface area contributed by atoms with Crippen LogP contribution in [0, 0.1) is 17.6 Å². The van der Waals surface area contributed by atoms with E-state index in [1.54, 1.807) is 17.0 Å². The Morgan fingerprint density at radius 2 is 1.92 bits per heavy atom. The highest BCUT2D eigenvalue weighted by molar-refractivity contribution is 5.94. The van der Waals surface area contributed by atoms with E-state index in [0.29, 0.717) is 25.9 Å². The van der Waals surface area contributed by atoms with Crippen LogP contribution in [-0.2, 0) is 4.79 Å². The summed E-state index contributed by atoms with van der Waals surface area (Å²) in [5, 5.41) is 2.42. The fourth-order valence-corrected chi connectivity index (χ4v) is 2.73. The van der Waals surface area contributed by atoms with Crippen LogP contribution in [0.15, 0.2) is 41.0 Å². The number of nitrogens with one attached hydrogen (secondary N) is 1. The number of likely N-dealkylation sites (tertiary alicyclic amines) is 1. The smallest absolute Gasteiger partial charge is 0.289 e. The van der Waals surface area contributed by atoms with Gasteiger partial charge in [-0.05, 0) is 37.1 Å². The molecule has 0 atom stereocenters. The lowest BCUT2D eigenvalue weighted by Crippen LogP contribution is -2.41. The number of rotatable bonds is 3. The normalized spacial score (nSPS) is 15.3. The second-order valence-corrected chi connectivity index (χ2v) is 5.66. The molecule has 24 heavy (non-hydrogen) atoms. The highest BCUT2D eigenvalue weighted by Crippen LogP contribution is 2.22. The van der Waals surface area contributed by atoms with Gasteiger partial charge in [0, 0.05) is 25.1 Å². The Hall–Kier alpha value is -2.70. The van der Waals surface area contributed by atoms with Crippen LogP contribution in [0.3, 0.4) is 0 Å². The van der Waals surface area contributed by atoms with E-state index in [2.05, 4.69) is 5.32 Å². The molecule has 7 heteroatoms. The van der Waals surface area contributed by atoms with Crippen molar-refractivity contribution in [2.45, 2.75) is 12.8 Å². The number of carbonyl (C=O) groups is 2. The van der Waals surface area contributed by atoms with E-state index in [9.17, 15) is 18.4 Å². The molecule has 1 aliphatic heterocycles. The standard InChI is InChI=1S/C17H16F2N2O3/c18-12-3-4-13(19)14(10-12)20-16(22)11-5-7-21(8-6-11)17(23)15-2-1-9-24-15/h1-4,9-11H,5-8H2,(H,20,22). The van der Waals surface area contributed by atoms with Gasteiger partial charge in [-0.1, -0.05) is 0 Å². The Balaban J connectivity index is 1.57. The van der Waals surface area contributed by atoms with Gasteiger partial charge in [-0.25, -0.2) is 8.78 Å². The maximum absolute atomic E-state index is 13.6. The molecule has 0 bridgehead atoms. The van der Waals surface area contributed by atoms with E-state index in [4.69, 9.17) is 4.42 Å². The van der Waals surface area contributed by atoms with Crippen LogP contribution >= 0.6 is 0 Å². The molecule has 2 amide bonds. The lowest BCUT2D eigenvalue weighted by Gasteiger charge is -2.30. The van der Waals surface area contributed by atoms with Gasteiger partial charge in [0.15, 0.2) is 5.76 Å². The van der Waals surface area contributed by atoms with Crippen LogP contribution in [-0.4, -0.2) is 29.8 Å². The molecule has 0 radical (unpaired) electrons. The molecule has 126 valence electrons. The number of amides is 2. The molecule has 5 nitrogen and oxygen atoms in total. The fourth-order valence-electron chi connectivity index (χ4n) is 2.73. The van der Waals surface area contributed by atoms with E-state index >= 15 is 0 Å². The molecule has 1 aromatic heterocycles. The van der Waals surface area contributed by atoms with Crippen molar-refractivity contribution in [3.63, 3.8) is 0 Å². The lowest BCUT2D eigenvalue weighted by atomic mass is 9.95. The Labute approximate surface area is 137 Å². The van der Waals surface area contributed by atoms with Gasteiger partial charge in [0.2, 0.25) is 5.91 Å². The zero-order valence-electron chi connectivity index (χ0n) is 12.8. The molecule has 0 aliphatic carbocycles. The molecule has 1 saturated heterocycles. The number of benzene rings is 1. The molecule has 1 fully saturated rings. The molecule has 0 unspecified atom stereocenters. The quantitative estimate of drug-likeness (QED) is 0.938. The molecule has 1 aromatic carbocycles. The first-order valence-electron chi connectivity index (χ1n) is 7.63. The summed E-state index contributed by atoms with van der Waals surface area (Å²) in [4.78, 5) is 26.0. The summed E-state index contributed by atoms with van der Waals surface area (Å²) in [7, 11) is 0. The van der Waals surface area contributed by atoms with Crippen molar-refractivity contribution >= 4 is 17.5 Å². The third kappa shape index (κ3) is 3.45. The number of piperidine rings is 1. The van der Waals surface area contributed by atoms with Gasteiger partial charge >= 0.3 is 0 Å². The number of halogens is 2. The minimum absolute atomic E-state index is 0.172. The highest BCUT2D eigenvalue weighted by Gasteiger charge is 2.29. The van der Waals surface area contributed by atoms with Crippen molar-refractivity contribution in [3.05, 3.63) is 54.0 Å². The first kappa shape index (κ1) is 16.2. The first-order chi connectivity index (χ1) is 11.5. The van der Waals surface area contributed by atoms with Gasteiger partial charge in [0.1, 0.15) is 11.6 Å². The predicted molar refractivity (Wildman–Crippen MR) is 82.3 cm³/mol. The molecule has 1 N–H and O–H groups in total. The molecule has 0 saturated carbocycles. The summed E-state index contributed by atoms with van der Waals surface area (Å²) >= 11 is 0. The SMILES string of the molecule is O=C(Nc1cc(F)ccc1F)C1CCN(C(=O)c2ccco2)CC1. The summed E-state index contributed by atoms with van der Waals surface area (Å²) in [5.74, 6) is -1.98. The van der Waals surface area contributed by atoms with E-state index in [1.807, 2.05) is 0 Å². The number of hydrogen-bond donors (Lipinski definition) is 1. The topological polar surface area (TPSA) is 62.6 Å². The third-order valence-electron chi connectivity index (χ3n) is 4.07. The molecular formula is C17H16F2N2O3. The summed E-state index contributed by atoms with van der Waals surface area (Å²) in [6, 6.07) is 6.14. The Morgan fingerprint density at radius 1 is 1.17 bits per heavy atom. The number of furan rings is 1. The third-order valence-corrected chi connectivity index (χ3v) is 4.07. The molecular weight excluding hydrogens is 318 g/mol. The monoisotopic (exact) mass is 334 g/mol. The van der Waals surface area contributed by atoms with E-state index in [-0.39, 0.29) is 29.2 Å². The summed E-state index contributed by atoms with van der Waals surface area (Å²) < 4.78 is 31.8. The lowest BCUT2D eigenvalue weighted by molar-refractivity contribution is -0.121. The van der Waals surface area contributed by atoms with Crippen LogP contribution in [0.1, 0.15) is 23.4 Å². The van der Waals surface area contributed by atoms with Gasteiger partial charge in [-0.2, -0.15) is 0 Å². The van der Waals surface area contributed by atoms with E-state index in [1.165, 1.54) is 6.26 Å². The molecule has 2 aromatic rings. The fraction of sp³-hybridized carbons (Fsp3) is 0.294. The maximum Gasteiger partial charge on any atom is 0.289 e.